The fourth-order valence-corrected chi connectivity index (χ4v) is 2.80. The van der Waals surface area contributed by atoms with Crippen LogP contribution in [-0.4, -0.2) is 5.78 Å². The zero-order valence-electron chi connectivity index (χ0n) is 9.38. The van der Waals surface area contributed by atoms with Crippen LogP contribution in [-0.2, 0) is 0 Å². The van der Waals surface area contributed by atoms with Crippen molar-refractivity contribution in [3.05, 3.63) is 61.5 Å². The molecule has 0 radical (unpaired) electrons. The number of anilines is 1. The summed E-state index contributed by atoms with van der Waals surface area (Å²) in [7, 11) is 0. The van der Waals surface area contributed by atoms with Crippen molar-refractivity contribution in [2.75, 3.05) is 5.73 Å². The third-order valence-electron chi connectivity index (χ3n) is 2.47. The van der Waals surface area contributed by atoms with Crippen LogP contribution < -0.4 is 5.73 Å². The minimum Gasteiger partial charge on any atom is -0.399 e. The van der Waals surface area contributed by atoms with Gasteiger partial charge in [0.25, 0.3) is 0 Å². The molecule has 2 aromatic rings. The largest absolute Gasteiger partial charge is 0.399 e. The molecule has 0 saturated heterocycles. The minimum absolute atomic E-state index is 0.153. The van der Waals surface area contributed by atoms with E-state index in [9.17, 15) is 4.79 Å². The van der Waals surface area contributed by atoms with Gasteiger partial charge in [0.15, 0.2) is 5.78 Å². The molecule has 0 bridgehead atoms. The van der Waals surface area contributed by atoms with E-state index in [0.717, 1.165) is 0 Å². The molecule has 0 saturated carbocycles. The van der Waals surface area contributed by atoms with E-state index in [1.54, 1.807) is 12.1 Å². The molecule has 2 aromatic carbocycles. The first-order valence-electron chi connectivity index (χ1n) is 5.14. The lowest BCUT2D eigenvalue weighted by atomic mass is 10.0. The maximum atomic E-state index is 12.4. The van der Waals surface area contributed by atoms with Gasteiger partial charge in [-0.1, -0.05) is 46.4 Å². The van der Waals surface area contributed by atoms with Gasteiger partial charge in [-0.05, 0) is 30.3 Å². The molecule has 0 aliphatic heterocycles. The van der Waals surface area contributed by atoms with Gasteiger partial charge in [-0.25, -0.2) is 0 Å². The first-order chi connectivity index (χ1) is 8.90. The Balaban J connectivity index is 2.59. The van der Waals surface area contributed by atoms with Crippen molar-refractivity contribution in [2.24, 2.45) is 0 Å². The van der Waals surface area contributed by atoms with Crippen LogP contribution in [0.15, 0.2) is 30.3 Å². The number of carbonyl (C=O) groups is 1. The summed E-state index contributed by atoms with van der Waals surface area (Å²) >= 11 is 23.8. The first-order valence-corrected chi connectivity index (χ1v) is 6.65. The molecular weight excluding hydrogens is 328 g/mol. The Bertz CT molecular complexity index is 647. The van der Waals surface area contributed by atoms with Crippen LogP contribution in [0.4, 0.5) is 5.69 Å². The van der Waals surface area contributed by atoms with Crippen LogP contribution in [0, 0.1) is 0 Å². The number of rotatable bonds is 2. The van der Waals surface area contributed by atoms with Crippen LogP contribution in [0.2, 0.25) is 20.1 Å². The molecule has 2 rings (SSSR count). The molecule has 6 heteroatoms. The molecule has 0 amide bonds. The number of ketones is 1. The average Bonchev–Trinajstić information content (AvgIpc) is 2.30. The van der Waals surface area contributed by atoms with Gasteiger partial charge in [0.05, 0.1) is 20.6 Å². The van der Waals surface area contributed by atoms with E-state index in [1.807, 2.05) is 0 Å². The number of hydrogen-bond donors (Lipinski definition) is 1. The number of hydrogen-bond acceptors (Lipinski definition) is 2. The van der Waals surface area contributed by atoms with Gasteiger partial charge >= 0.3 is 0 Å². The lowest BCUT2D eigenvalue weighted by molar-refractivity contribution is 0.103. The van der Waals surface area contributed by atoms with Crippen LogP contribution in [0.5, 0.6) is 0 Å². The second kappa shape index (κ2) is 5.59. The fourth-order valence-electron chi connectivity index (χ4n) is 1.61. The second-order valence-electron chi connectivity index (χ2n) is 3.81. The summed E-state index contributed by atoms with van der Waals surface area (Å²) in [5, 5.41) is 0.966. The van der Waals surface area contributed by atoms with Gasteiger partial charge in [0.1, 0.15) is 0 Å². The summed E-state index contributed by atoms with van der Waals surface area (Å²) in [5.74, 6) is -0.399. The first kappa shape index (κ1) is 14.5. The van der Waals surface area contributed by atoms with Crippen molar-refractivity contribution in [1.82, 2.24) is 0 Å². The molecule has 0 aliphatic carbocycles. The Labute approximate surface area is 130 Å². The van der Waals surface area contributed by atoms with Crippen LogP contribution in [0.25, 0.3) is 0 Å². The Morgan fingerprint density at radius 3 is 2.05 bits per heavy atom. The SMILES string of the molecule is Nc1ccc(Cl)c(C(=O)c2c(Cl)cc(Cl)cc2Cl)c1. The highest BCUT2D eigenvalue weighted by Crippen LogP contribution is 2.32. The average molecular weight is 335 g/mol. The topological polar surface area (TPSA) is 43.1 Å². The lowest BCUT2D eigenvalue weighted by Gasteiger charge is -2.09. The molecular formula is C13H7Cl4NO. The fraction of sp³-hybridized carbons (Fsp3) is 0. The number of halogens is 4. The summed E-state index contributed by atoms with van der Waals surface area (Å²) in [6.07, 6.45) is 0. The molecule has 2 N–H and O–H groups in total. The van der Waals surface area contributed by atoms with Crippen molar-refractivity contribution in [3.63, 3.8) is 0 Å². The Kier molecular flexibility index (Phi) is 4.26. The highest BCUT2D eigenvalue weighted by molar-refractivity contribution is 6.44. The van der Waals surface area contributed by atoms with E-state index in [-0.39, 0.29) is 26.2 Å². The highest BCUT2D eigenvalue weighted by atomic mass is 35.5. The highest BCUT2D eigenvalue weighted by Gasteiger charge is 2.20. The summed E-state index contributed by atoms with van der Waals surface area (Å²) in [6, 6.07) is 7.52. The van der Waals surface area contributed by atoms with Gasteiger partial charge in [0.2, 0.25) is 0 Å². The van der Waals surface area contributed by atoms with Crippen LogP contribution >= 0.6 is 46.4 Å². The number of carbonyl (C=O) groups excluding carboxylic acids is 1. The lowest BCUT2D eigenvalue weighted by Crippen LogP contribution is -2.05. The maximum Gasteiger partial charge on any atom is 0.197 e. The zero-order chi connectivity index (χ0) is 14.2. The maximum absolute atomic E-state index is 12.4. The smallest absolute Gasteiger partial charge is 0.197 e. The van der Waals surface area contributed by atoms with Crippen molar-refractivity contribution in [2.45, 2.75) is 0 Å². The Morgan fingerprint density at radius 2 is 1.47 bits per heavy atom. The van der Waals surface area contributed by atoms with Crippen molar-refractivity contribution in [1.29, 1.82) is 0 Å². The van der Waals surface area contributed by atoms with Crippen molar-refractivity contribution in [3.8, 4) is 0 Å². The van der Waals surface area contributed by atoms with E-state index in [4.69, 9.17) is 52.1 Å². The van der Waals surface area contributed by atoms with Gasteiger partial charge in [-0.3, -0.25) is 4.79 Å². The predicted octanol–water partition coefficient (Wildman–Crippen LogP) is 5.11. The summed E-state index contributed by atoms with van der Waals surface area (Å²) in [5.41, 5.74) is 6.47. The molecule has 2 nitrogen and oxygen atoms in total. The van der Waals surface area contributed by atoms with Crippen LogP contribution in [0.3, 0.4) is 0 Å². The normalized spacial score (nSPS) is 10.5. The Morgan fingerprint density at radius 1 is 0.895 bits per heavy atom. The monoisotopic (exact) mass is 333 g/mol. The molecule has 0 unspecified atom stereocenters. The van der Waals surface area contributed by atoms with Gasteiger partial charge in [-0.2, -0.15) is 0 Å². The summed E-state index contributed by atoms with van der Waals surface area (Å²) in [4.78, 5) is 12.4. The van der Waals surface area contributed by atoms with Crippen LogP contribution in [0.1, 0.15) is 15.9 Å². The van der Waals surface area contributed by atoms with E-state index >= 15 is 0 Å². The number of nitrogens with two attached hydrogens (primary N) is 1. The third kappa shape index (κ3) is 2.98. The van der Waals surface area contributed by atoms with Gasteiger partial charge in [0, 0.05) is 16.3 Å². The zero-order valence-corrected chi connectivity index (χ0v) is 12.4. The van der Waals surface area contributed by atoms with E-state index in [1.165, 1.54) is 18.2 Å². The number of benzene rings is 2. The summed E-state index contributed by atoms with van der Waals surface area (Å²) in [6.45, 7) is 0. The third-order valence-corrected chi connectivity index (χ3v) is 3.61. The standard InChI is InChI=1S/C13H7Cl4NO/c14-6-3-10(16)12(11(17)4-6)13(19)8-5-7(18)1-2-9(8)15/h1-5H,18H2. The van der Waals surface area contributed by atoms with Gasteiger partial charge in [-0.15, -0.1) is 0 Å². The predicted molar refractivity (Wildman–Crippen MR) is 80.8 cm³/mol. The van der Waals surface area contributed by atoms with Gasteiger partial charge < -0.3 is 5.73 Å². The Hall–Kier alpha value is -0.930. The molecule has 98 valence electrons. The molecule has 0 spiro atoms. The molecule has 0 fully saturated rings. The van der Waals surface area contributed by atoms with Crippen molar-refractivity contribution < 1.29 is 4.79 Å². The number of nitrogen functional groups attached to an aromatic ring is 1. The molecule has 0 atom stereocenters. The van der Waals surface area contributed by atoms with E-state index < -0.39 is 5.78 Å². The molecule has 0 heterocycles. The quantitative estimate of drug-likeness (QED) is 0.612. The molecule has 19 heavy (non-hydrogen) atoms. The molecule has 0 aromatic heterocycles. The summed E-state index contributed by atoms with van der Waals surface area (Å²) < 4.78 is 0. The molecule has 0 aliphatic rings. The second-order valence-corrected chi connectivity index (χ2v) is 5.47. The van der Waals surface area contributed by atoms with Crippen molar-refractivity contribution >= 4 is 57.9 Å². The van der Waals surface area contributed by atoms with E-state index in [0.29, 0.717) is 10.7 Å². The minimum atomic E-state index is -0.399. The van der Waals surface area contributed by atoms with E-state index in [2.05, 4.69) is 0 Å².